The van der Waals surface area contributed by atoms with Crippen LogP contribution in [0.3, 0.4) is 0 Å². The van der Waals surface area contributed by atoms with Crippen LogP contribution in [-0.2, 0) is 54.4 Å². The van der Waals surface area contributed by atoms with Crippen molar-refractivity contribution in [3.8, 4) is 5.75 Å². The molecule has 28 heteroatoms. The highest BCUT2D eigenvalue weighted by atomic mass is 16.4. The maximum Gasteiger partial charge on any atom is 0.326 e. The third-order valence-corrected chi connectivity index (χ3v) is 9.83. The van der Waals surface area contributed by atoms with Crippen LogP contribution in [0, 0.1) is 5.92 Å². The maximum atomic E-state index is 14.1. The van der Waals surface area contributed by atoms with Gasteiger partial charge in [-0.15, -0.1) is 0 Å². The average molecular weight is 955 g/mol. The summed E-state index contributed by atoms with van der Waals surface area (Å²) >= 11 is 0. The van der Waals surface area contributed by atoms with Crippen LogP contribution in [0.25, 0.3) is 0 Å². The number of aliphatic carboxylic acids is 2. The Morgan fingerprint density at radius 1 is 0.627 bits per heavy atom. The first-order chi connectivity index (χ1) is 31.3. The summed E-state index contributed by atoms with van der Waals surface area (Å²) in [5, 5.41) is 74.1. The second-order valence-electron chi connectivity index (χ2n) is 15.3. The highest BCUT2D eigenvalue weighted by molar-refractivity contribution is 5.99. The van der Waals surface area contributed by atoms with Crippen LogP contribution in [0.5, 0.6) is 5.75 Å². The molecule has 1 rings (SSSR count). The van der Waals surface area contributed by atoms with Gasteiger partial charge in [-0.2, -0.15) is 0 Å². The maximum absolute atomic E-state index is 14.1. The molecule has 0 saturated carbocycles. The van der Waals surface area contributed by atoms with E-state index in [0.717, 1.165) is 6.92 Å². The Bertz CT molecular complexity index is 1930. The number of carboxylic acid groups (broad SMARTS) is 2. The van der Waals surface area contributed by atoms with Gasteiger partial charge in [0.1, 0.15) is 48.0 Å². The fourth-order valence-corrected chi connectivity index (χ4v) is 5.88. The molecule has 28 nitrogen and oxygen atoms in total. The lowest BCUT2D eigenvalue weighted by Gasteiger charge is -2.30. The number of aliphatic hydroxyl groups excluding tert-OH is 3. The summed E-state index contributed by atoms with van der Waals surface area (Å²) < 4.78 is 0. The van der Waals surface area contributed by atoms with E-state index in [-0.39, 0.29) is 43.9 Å². The van der Waals surface area contributed by atoms with E-state index in [1.54, 1.807) is 13.8 Å². The predicted molar refractivity (Wildman–Crippen MR) is 232 cm³/mol. The van der Waals surface area contributed by atoms with Crippen LogP contribution in [-0.4, -0.2) is 170 Å². The highest BCUT2D eigenvalue weighted by Crippen LogP contribution is 2.14. The number of nitrogens with zero attached hydrogens (tertiary/aromatic N) is 1. The van der Waals surface area contributed by atoms with E-state index in [1.807, 2.05) is 10.6 Å². The van der Waals surface area contributed by atoms with E-state index < -0.39 is 146 Å². The van der Waals surface area contributed by atoms with Gasteiger partial charge in [0.25, 0.3) is 0 Å². The zero-order valence-electron chi connectivity index (χ0n) is 37.0. The molecule has 0 aliphatic heterocycles. The molecule has 374 valence electrons. The Morgan fingerprint density at radius 2 is 1.09 bits per heavy atom. The smallest absolute Gasteiger partial charge is 0.326 e. The van der Waals surface area contributed by atoms with Gasteiger partial charge in [-0.3, -0.25) is 48.1 Å². The number of amides is 8. The van der Waals surface area contributed by atoms with E-state index in [9.17, 15) is 73.5 Å². The Labute approximate surface area is 383 Å². The highest BCUT2D eigenvalue weighted by Gasteiger charge is 2.37. The van der Waals surface area contributed by atoms with Crippen molar-refractivity contribution >= 4 is 65.2 Å². The number of aliphatic hydroxyl groups is 3. The second-order valence-corrected chi connectivity index (χ2v) is 15.3. The molecule has 21 N–H and O–H groups in total. The number of carbonyl (C=O) groups is 10. The molecular weight excluding hydrogens is 892 g/mol. The number of nitrogens with one attached hydrogen (secondary N) is 7. The van der Waals surface area contributed by atoms with E-state index in [2.05, 4.69) is 31.6 Å². The normalized spacial score (nSPS) is 15.4. The van der Waals surface area contributed by atoms with Crippen LogP contribution in [0.4, 0.5) is 0 Å². The van der Waals surface area contributed by atoms with Crippen molar-refractivity contribution in [3.63, 3.8) is 0 Å². The Morgan fingerprint density at radius 3 is 1.57 bits per heavy atom. The summed E-state index contributed by atoms with van der Waals surface area (Å²) in [6.45, 7) is 2.15. The minimum Gasteiger partial charge on any atom is -0.508 e. The molecule has 0 bridgehead atoms. The third-order valence-electron chi connectivity index (χ3n) is 9.83. The number of carboxylic acids is 2. The monoisotopic (exact) mass is 954 g/mol. The lowest BCUT2D eigenvalue weighted by Crippen LogP contribution is -2.62. The summed E-state index contributed by atoms with van der Waals surface area (Å²) in [6, 6.07) is -8.34. The van der Waals surface area contributed by atoms with Crippen LogP contribution in [0.15, 0.2) is 29.3 Å². The van der Waals surface area contributed by atoms with Gasteiger partial charge in [-0.25, -0.2) is 4.79 Å². The van der Waals surface area contributed by atoms with Crippen molar-refractivity contribution in [2.75, 3.05) is 19.8 Å². The number of benzene rings is 1. The lowest BCUT2D eigenvalue weighted by molar-refractivity contribution is -0.143. The number of phenols is 1. The number of carbonyl (C=O) groups excluding carboxylic acids is 8. The fraction of sp³-hybridized carbons (Fsp3) is 0.564. The first-order valence-corrected chi connectivity index (χ1v) is 20.7. The van der Waals surface area contributed by atoms with E-state index in [0.29, 0.717) is 5.56 Å². The molecule has 0 aliphatic rings. The van der Waals surface area contributed by atoms with Crippen molar-refractivity contribution in [1.82, 2.24) is 37.2 Å². The number of hydrogen-bond donors (Lipinski definition) is 17. The Hall–Kier alpha value is -7.17. The number of phenolic OH excluding ortho intramolecular Hbond substituents is 1. The Kier molecular flexibility index (Phi) is 24.8. The molecule has 0 fully saturated rings. The molecule has 1 aromatic carbocycles. The van der Waals surface area contributed by atoms with Crippen LogP contribution in [0.1, 0.15) is 58.4 Å². The van der Waals surface area contributed by atoms with Crippen LogP contribution >= 0.6 is 0 Å². The molecule has 0 spiro atoms. The minimum atomic E-state index is -1.92. The molecule has 0 unspecified atom stereocenters. The van der Waals surface area contributed by atoms with Gasteiger partial charge in [-0.05, 0) is 43.4 Å². The topological polar surface area (TPSA) is 493 Å². The van der Waals surface area contributed by atoms with Gasteiger partial charge in [0, 0.05) is 13.0 Å². The van der Waals surface area contributed by atoms with Gasteiger partial charge < -0.3 is 90.8 Å². The van der Waals surface area contributed by atoms with Crippen LogP contribution < -0.4 is 60.2 Å². The summed E-state index contributed by atoms with van der Waals surface area (Å²) in [4.78, 5) is 132. The van der Waals surface area contributed by atoms with E-state index >= 15 is 0 Å². The molecule has 1 aromatic rings. The number of rotatable bonds is 30. The molecule has 0 heterocycles. The second kappa shape index (κ2) is 28.7. The number of aliphatic imine (C=N–C) groups is 1. The van der Waals surface area contributed by atoms with Gasteiger partial charge in [0.05, 0.1) is 38.2 Å². The van der Waals surface area contributed by atoms with Gasteiger partial charge >= 0.3 is 11.9 Å². The quantitative estimate of drug-likeness (QED) is 0.0193. The average Bonchev–Trinajstić information content (AvgIpc) is 3.25. The molecule has 67 heavy (non-hydrogen) atoms. The predicted octanol–water partition coefficient (Wildman–Crippen LogP) is -7.44. The number of aromatic hydroxyl groups is 1. The van der Waals surface area contributed by atoms with Crippen LogP contribution in [0.2, 0.25) is 0 Å². The first-order valence-electron chi connectivity index (χ1n) is 20.7. The summed E-state index contributed by atoms with van der Waals surface area (Å²) in [5.41, 5.74) is 21.7. The largest absolute Gasteiger partial charge is 0.508 e. The molecule has 0 aromatic heterocycles. The van der Waals surface area contributed by atoms with Gasteiger partial charge in [0.2, 0.25) is 47.3 Å². The van der Waals surface area contributed by atoms with E-state index in [1.165, 1.54) is 24.3 Å². The fourth-order valence-electron chi connectivity index (χ4n) is 5.88. The van der Waals surface area contributed by atoms with Crippen molar-refractivity contribution in [3.05, 3.63) is 29.8 Å². The van der Waals surface area contributed by atoms with Gasteiger partial charge in [0.15, 0.2) is 5.96 Å². The van der Waals surface area contributed by atoms with Crippen molar-refractivity contribution in [1.29, 1.82) is 0 Å². The SMILES string of the molecule is CC[C@H](C)[C@H](NC(=O)[C@H](Cc1ccc(O)cc1)NC(=O)[C@H](CC(N)=O)NC(=O)[C@H](CO)NC(=O)[C@H](CO)NC(=O)[C@@H](N)CC(=O)O)C(=O)N[C@H](C(=O)N[C@@H](CCCN=C(N)N)C(=O)O)[C@@H](C)O. The number of hydrogen-bond acceptors (Lipinski definition) is 16. The summed E-state index contributed by atoms with van der Waals surface area (Å²) in [6.07, 6.45) is -3.49. The standard InChI is InChI=1S/C39H62N12O16/c1-4-17(2)29(36(64)51-30(18(3)54)37(65)45-22(38(66)67)6-5-11-44-39(42)43)50-33(61)23(12-19-7-9-20(55)10-8-19)46-32(60)24(14-27(41)56)47-34(62)26(16-53)49-35(63)25(15-52)48-31(59)21(40)13-28(57)58/h7-10,17-18,21-26,29-30,52-55H,4-6,11-16,40H2,1-3H3,(H2,41,56)(H,45,65)(H,46,60)(H,47,62)(H,48,59)(H,49,63)(H,50,61)(H,51,64)(H,57,58)(H,66,67)(H4,42,43,44)/t17-,18+,21-,22-,23-,24-,25-,26-,29-,30-/m0/s1. The Balaban J connectivity index is 3.43. The zero-order chi connectivity index (χ0) is 51.1. The van der Waals surface area contributed by atoms with Gasteiger partial charge in [-0.1, -0.05) is 32.4 Å². The minimum absolute atomic E-state index is 0.0418. The van der Waals surface area contributed by atoms with E-state index in [4.69, 9.17) is 28.0 Å². The number of nitrogens with two attached hydrogens (primary N) is 4. The number of guanidine groups is 1. The van der Waals surface area contributed by atoms with Crippen molar-refractivity contribution < 1.29 is 78.6 Å². The molecular formula is C39H62N12O16. The zero-order valence-corrected chi connectivity index (χ0v) is 37.0. The molecule has 0 saturated heterocycles. The lowest BCUT2D eigenvalue weighted by atomic mass is 9.96. The first kappa shape index (κ1) is 57.8. The van der Waals surface area contributed by atoms with Crippen molar-refractivity contribution in [2.45, 2.75) is 114 Å². The third kappa shape index (κ3) is 20.7. The summed E-state index contributed by atoms with van der Waals surface area (Å²) in [5.74, 6) is -13.3. The summed E-state index contributed by atoms with van der Waals surface area (Å²) in [7, 11) is 0. The number of primary amides is 1. The molecule has 8 amide bonds. The molecule has 0 aliphatic carbocycles. The molecule has 10 atom stereocenters. The molecule has 0 radical (unpaired) electrons. The van der Waals surface area contributed by atoms with Crippen molar-refractivity contribution in [2.24, 2.45) is 33.8 Å².